The van der Waals surface area contributed by atoms with Crippen LogP contribution < -0.4 is 5.32 Å². The van der Waals surface area contributed by atoms with Gasteiger partial charge in [0, 0.05) is 29.1 Å². The Kier molecular flexibility index (Phi) is 3.45. The fourth-order valence-electron chi connectivity index (χ4n) is 2.71. The molecule has 120 valence electrons. The number of nitrogens with zero attached hydrogens (tertiary/aromatic N) is 3. The van der Waals surface area contributed by atoms with Gasteiger partial charge in [-0.25, -0.2) is 18.7 Å². The van der Waals surface area contributed by atoms with Gasteiger partial charge in [0.05, 0.1) is 16.8 Å². The number of nitrogens with one attached hydrogen (secondary N) is 1. The number of halogens is 3. The zero-order chi connectivity index (χ0) is 16.8. The maximum atomic E-state index is 14.3. The first kappa shape index (κ1) is 15.0. The number of fused-ring (bicyclic) bond motifs is 2. The molecular formula is C17H11BrF2N4. The molecule has 0 aliphatic carbocycles. The number of hydrogen-bond donors (Lipinski definition) is 1. The smallest absolute Gasteiger partial charge is 0.173 e. The second kappa shape index (κ2) is 5.52. The normalized spacial score (nSPS) is 11.3. The van der Waals surface area contributed by atoms with E-state index in [1.54, 1.807) is 42.0 Å². The lowest BCUT2D eigenvalue weighted by molar-refractivity contribution is 0.630. The SMILES string of the molecule is Cc1cn2cc(Nc3nccc4cc(Br)cc(F)c34)cc(F)c2n1. The van der Waals surface area contributed by atoms with Gasteiger partial charge in [-0.05, 0) is 30.5 Å². The van der Waals surface area contributed by atoms with Crippen LogP contribution in [0.1, 0.15) is 5.69 Å². The zero-order valence-electron chi connectivity index (χ0n) is 12.5. The topological polar surface area (TPSA) is 42.2 Å². The van der Waals surface area contributed by atoms with Crippen molar-refractivity contribution in [2.24, 2.45) is 0 Å². The van der Waals surface area contributed by atoms with Crippen molar-refractivity contribution in [2.75, 3.05) is 5.32 Å². The quantitative estimate of drug-likeness (QED) is 0.526. The predicted molar refractivity (Wildman–Crippen MR) is 92.6 cm³/mol. The van der Waals surface area contributed by atoms with Crippen LogP contribution >= 0.6 is 15.9 Å². The molecule has 0 radical (unpaired) electrons. The monoisotopic (exact) mass is 388 g/mol. The van der Waals surface area contributed by atoms with Crippen LogP contribution in [0.3, 0.4) is 0 Å². The van der Waals surface area contributed by atoms with Crippen molar-refractivity contribution >= 4 is 43.9 Å². The van der Waals surface area contributed by atoms with Crippen molar-refractivity contribution in [3.8, 4) is 0 Å². The molecule has 0 bridgehead atoms. The van der Waals surface area contributed by atoms with Crippen LogP contribution in [-0.2, 0) is 0 Å². The molecule has 0 aliphatic heterocycles. The summed E-state index contributed by atoms with van der Waals surface area (Å²) in [7, 11) is 0. The molecule has 4 aromatic rings. The summed E-state index contributed by atoms with van der Waals surface area (Å²) in [5.41, 5.74) is 1.42. The molecular weight excluding hydrogens is 378 g/mol. The van der Waals surface area contributed by atoms with E-state index in [4.69, 9.17) is 0 Å². The molecule has 1 aromatic carbocycles. The molecule has 0 saturated heterocycles. The Morgan fingerprint density at radius 3 is 2.79 bits per heavy atom. The molecule has 1 N–H and O–H groups in total. The van der Waals surface area contributed by atoms with E-state index in [1.165, 1.54) is 12.1 Å². The highest BCUT2D eigenvalue weighted by Crippen LogP contribution is 2.30. The van der Waals surface area contributed by atoms with E-state index >= 15 is 0 Å². The fraction of sp³-hybridized carbons (Fsp3) is 0.0588. The first-order valence-electron chi connectivity index (χ1n) is 7.17. The van der Waals surface area contributed by atoms with Crippen molar-refractivity contribution in [1.82, 2.24) is 14.4 Å². The first-order chi connectivity index (χ1) is 11.5. The Bertz CT molecular complexity index is 1090. The van der Waals surface area contributed by atoms with E-state index in [9.17, 15) is 8.78 Å². The number of aryl methyl sites for hydroxylation is 1. The molecule has 0 amide bonds. The van der Waals surface area contributed by atoms with Crippen LogP contribution in [0.25, 0.3) is 16.4 Å². The molecule has 0 fully saturated rings. The van der Waals surface area contributed by atoms with Crippen molar-refractivity contribution in [1.29, 1.82) is 0 Å². The van der Waals surface area contributed by atoms with E-state index in [2.05, 4.69) is 31.2 Å². The summed E-state index contributed by atoms with van der Waals surface area (Å²) in [4.78, 5) is 8.31. The van der Waals surface area contributed by atoms with Crippen LogP contribution in [0.15, 0.2) is 47.3 Å². The van der Waals surface area contributed by atoms with Crippen molar-refractivity contribution in [3.05, 3.63) is 64.7 Å². The lowest BCUT2D eigenvalue weighted by atomic mass is 10.1. The maximum absolute atomic E-state index is 14.3. The third-order valence-corrected chi connectivity index (χ3v) is 4.13. The number of anilines is 2. The molecule has 4 rings (SSSR count). The molecule has 3 aromatic heterocycles. The van der Waals surface area contributed by atoms with Crippen molar-refractivity contribution in [2.45, 2.75) is 6.92 Å². The highest BCUT2D eigenvalue weighted by molar-refractivity contribution is 9.10. The van der Waals surface area contributed by atoms with Gasteiger partial charge >= 0.3 is 0 Å². The number of benzene rings is 1. The molecule has 0 aliphatic rings. The summed E-state index contributed by atoms with van der Waals surface area (Å²) >= 11 is 3.27. The van der Waals surface area contributed by atoms with Crippen molar-refractivity contribution in [3.63, 3.8) is 0 Å². The Morgan fingerprint density at radius 1 is 1.12 bits per heavy atom. The highest BCUT2D eigenvalue weighted by Gasteiger charge is 2.12. The highest BCUT2D eigenvalue weighted by atomic mass is 79.9. The van der Waals surface area contributed by atoms with E-state index in [0.717, 1.165) is 0 Å². The Labute approximate surface area is 144 Å². The fourth-order valence-corrected chi connectivity index (χ4v) is 3.16. The number of aromatic nitrogens is 3. The largest absolute Gasteiger partial charge is 0.338 e. The maximum Gasteiger partial charge on any atom is 0.173 e. The Morgan fingerprint density at radius 2 is 1.96 bits per heavy atom. The van der Waals surface area contributed by atoms with Gasteiger partial charge in [-0.3, -0.25) is 0 Å². The molecule has 4 nitrogen and oxygen atoms in total. The molecule has 0 spiro atoms. The van der Waals surface area contributed by atoms with E-state index in [-0.39, 0.29) is 5.65 Å². The Hall–Kier alpha value is -2.54. The standard InChI is InChI=1S/C17H11BrF2N4/c1-9-7-24-8-12(6-14(20)17(24)22-9)23-16-15-10(2-3-21-16)4-11(18)5-13(15)19/h2-8H,1H3,(H,21,23). The summed E-state index contributed by atoms with van der Waals surface area (Å²) in [5, 5.41) is 4.04. The van der Waals surface area contributed by atoms with E-state index in [1.807, 2.05) is 0 Å². The average Bonchev–Trinajstić information content (AvgIpc) is 2.87. The van der Waals surface area contributed by atoms with Crippen LogP contribution in [0.2, 0.25) is 0 Å². The van der Waals surface area contributed by atoms with Crippen LogP contribution in [-0.4, -0.2) is 14.4 Å². The lowest BCUT2D eigenvalue weighted by Gasteiger charge is -2.10. The van der Waals surface area contributed by atoms with Crippen LogP contribution in [0.4, 0.5) is 20.3 Å². The minimum absolute atomic E-state index is 0.249. The van der Waals surface area contributed by atoms with Gasteiger partial charge in [0.2, 0.25) is 0 Å². The van der Waals surface area contributed by atoms with Crippen LogP contribution in [0.5, 0.6) is 0 Å². The average molecular weight is 389 g/mol. The lowest BCUT2D eigenvalue weighted by Crippen LogP contribution is -1.99. The molecule has 0 atom stereocenters. The van der Waals surface area contributed by atoms with E-state index in [0.29, 0.717) is 32.4 Å². The van der Waals surface area contributed by atoms with Gasteiger partial charge < -0.3 is 9.72 Å². The number of rotatable bonds is 2. The van der Waals surface area contributed by atoms with Gasteiger partial charge in [0.15, 0.2) is 11.5 Å². The minimum atomic E-state index is -0.462. The second-order valence-electron chi connectivity index (χ2n) is 5.46. The van der Waals surface area contributed by atoms with Gasteiger partial charge in [-0.2, -0.15) is 0 Å². The summed E-state index contributed by atoms with van der Waals surface area (Å²) in [6, 6.07) is 6.21. The number of imidazole rings is 1. The van der Waals surface area contributed by atoms with Gasteiger partial charge in [0.1, 0.15) is 11.6 Å². The Balaban J connectivity index is 1.85. The van der Waals surface area contributed by atoms with Gasteiger partial charge in [0.25, 0.3) is 0 Å². The van der Waals surface area contributed by atoms with Crippen LogP contribution in [0, 0.1) is 18.6 Å². The third kappa shape index (κ3) is 2.50. The molecule has 0 unspecified atom stereocenters. The van der Waals surface area contributed by atoms with Crippen molar-refractivity contribution < 1.29 is 8.78 Å². The minimum Gasteiger partial charge on any atom is -0.338 e. The van der Waals surface area contributed by atoms with Gasteiger partial charge in [-0.1, -0.05) is 15.9 Å². The number of hydrogen-bond acceptors (Lipinski definition) is 3. The van der Waals surface area contributed by atoms with Gasteiger partial charge in [-0.15, -0.1) is 0 Å². The zero-order valence-corrected chi connectivity index (χ0v) is 14.1. The summed E-state index contributed by atoms with van der Waals surface area (Å²) in [6.45, 7) is 1.79. The predicted octanol–water partition coefficient (Wildman–Crippen LogP) is 4.98. The first-order valence-corrected chi connectivity index (χ1v) is 7.96. The molecule has 24 heavy (non-hydrogen) atoms. The molecule has 0 saturated carbocycles. The third-order valence-electron chi connectivity index (χ3n) is 3.67. The summed E-state index contributed by atoms with van der Waals surface area (Å²) in [5.74, 6) is -0.542. The second-order valence-corrected chi connectivity index (χ2v) is 6.38. The molecule has 7 heteroatoms. The number of pyridine rings is 2. The summed E-state index contributed by atoms with van der Waals surface area (Å²) < 4.78 is 30.8. The molecule has 3 heterocycles. The summed E-state index contributed by atoms with van der Waals surface area (Å²) in [6.07, 6.45) is 4.99. The van der Waals surface area contributed by atoms with E-state index < -0.39 is 11.6 Å².